The van der Waals surface area contributed by atoms with Crippen LogP contribution in [0.2, 0.25) is 0 Å². The molecule has 18 heavy (non-hydrogen) atoms. The Morgan fingerprint density at radius 1 is 1.28 bits per heavy atom. The van der Waals surface area contributed by atoms with E-state index < -0.39 is 0 Å². The SMILES string of the molecule is CC[C@@H](NC(=O)c1ccc(C(N)=S)cc1)C(C)C. The van der Waals surface area contributed by atoms with Gasteiger partial charge in [0.15, 0.2) is 0 Å². The van der Waals surface area contributed by atoms with E-state index in [1.165, 1.54) is 0 Å². The van der Waals surface area contributed by atoms with Gasteiger partial charge in [-0.2, -0.15) is 0 Å². The lowest BCUT2D eigenvalue weighted by Crippen LogP contribution is -2.38. The summed E-state index contributed by atoms with van der Waals surface area (Å²) in [4.78, 5) is 12.4. The van der Waals surface area contributed by atoms with Crippen LogP contribution >= 0.6 is 12.2 Å². The molecule has 0 unspecified atom stereocenters. The van der Waals surface area contributed by atoms with Crippen molar-refractivity contribution in [3.8, 4) is 0 Å². The lowest BCUT2D eigenvalue weighted by molar-refractivity contribution is 0.0924. The van der Waals surface area contributed by atoms with Crippen molar-refractivity contribution < 1.29 is 4.79 Å². The van der Waals surface area contributed by atoms with Crippen molar-refractivity contribution in [2.75, 3.05) is 0 Å². The molecule has 0 aliphatic carbocycles. The third kappa shape index (κ3) is 3.81. The van der Waals surface area contributed by atoms with Crippen molar-refractivity contribution in [3.05, 3.63) is 35.4 Å². The third-order valence-corrected chi connectivity index (χ3v) is 3.23. The molecule has 4 heteroatoms. The zero-order valence-electron chi connectivity index (χ0n) is 11.1. The molecule has 1 atom stereocenters. The number of carbonyl (C=O) groups excluding carboxylic acids is 1. The molecule has 0 saturated carbocycles. The van der Waals surface area contributed by atoms with Gasteiger partial charge in [0.2, 0.25) is 0 Å². The molecule has 3 nitrogen and oxygen atoms in total. The maximum Gasteiger partial charge on any atom is 0.251 e. The van der Waals surface area contributed by atoms with E-state index in [9.17, 15) is 4.79 Å². The molecule has 0 bridgehead atoms. The first-order valence-corrected chi connectivity index (χ1v) is 6.57. The molecule has 98 valence electrons. The summed E-state index contributed by atoms with van der Waals surface area (Å²) in [7, 11) is 0. The summed E-state index contributed by atoms with van der Waals surface area (Å²) in [6.45, 7) is 6.27. The number of thiocarbonyl (C=S) groups is 1. The summed E-state index contributed by atoms with van der Waals surface area (Å²) in [6.07, 6.45) is 0.925. The van der Waals surface area contributed by atoms with Gasteiger partial charge >= 0.3 is 0 Å². The highest BCUT2D eigenvalue weighted by atomic mass is 32.1. The standard InChI is InChI=1S/C14H20N2OS/c1-4-12(9(2)3)16-14(17)11-7-5-10(6-8-11)13(15)18/h5-9,12H,4H2,1-3H3,(H2,15,18)(H,16,17)/t12-/m1/s1. The van der Waals surface area contributed by atoms with Crippen LogP contribution in [0.3, 0.4) is 0 Å². The fourth-order valence-electron chi connectivity index (χ4n) is 1.78. The maximum absolute atomic E-state index is 12.0. The van der Waals surface area contributed by atoms with E-state index in [1.54, 1.807) is 24.3 Å². The predicted octanol–water partition coefficient (Wildman–Crippen LogP) is 2.49. The minimum Gasteiger partial charge on any atom is -0.389 e. The quantitative estimate of drug-likeness (QED) is 0.803. The van der Waals surface area contributed by atoms with Crippen LogP contribution in [-0.4, -0.2) is 16.9 Å². The Balaban J connectivity index is 2.75. The highest BCUT2D eigenvalue weighted by Crippen LogP contribution is 2.09. The highest BCUT2D eigenvalue weighted by Gasteiger charge is 2.15. The molecule has 0 radical (unpaired) electrons. The van der Waals surface area contributed by atoms with Crippen molar-refractivity contribution in [1.29, 1.82) is 0 Å². The van der Waals surface area contributed by atoms with Crippen LogP contribution in [0, 0.1) is 5.92 Å². The molecule has 1 rings (SSSR count). The molecule has 0 aliphatic heterocycles. The zero-order chi connectivity index (χ0) is 13.7. The first-order chi connectivity index (χ1) is 8.45. The average molecular weight is 264 g/mol. The summed E-state index contributed by atoms with van der Waals surface area (Å²) < 4.78 is 0. The van der Waals surface area contributed by atoms with Crippen LogP contribution in [0.4, 0.5) is 0 Å². The molecular weight excluding hydrogens is 244 g/mol. The van der Waals surface area contributed by atoms with Crippen LogP contribution in [0.5, 0.6) is 0 Å². The molecule has 3 N–H and O–H groups in total. The summed E-state index contributed by atoms with van der Waals surface area (Å²) in [5.41, 5.74) is 6.92. The topological polar surface area (TPSA) is 55.1 Å². The van der Waals surface area contributed by atoms with Gasteiger partial charge in [-0.15, -0.1) is 0 Å². The Hall–Kier alpha value is -1.42. The molecule has 0 aliphatic rings. The Kier molecular flexibility index (Phi) is 5.28. The number of amides is 1. The van der Waals surface area contributed by atoms with Gasteiger partial charge in [0.25, 0.3) is 5.91 Å². The number of hydrogen-bond donors (Lipinski definition) is 2. The van der Waals surface area contributed by atoms with Crippen LogP contribution in [0.25, 0.3) is 0 Å². The van der Waals surface area contributed by atoms with E-state index in [0.717, 1.165) is 12.0 Å². The second kappa shape index (κ2) is 6.50. The Labute approximate surface area is 114 Å². The summed E-state index contributed by atoms with van der Waals surface area (Å²) >= 11 is 4.87. The maximum atomic E-state index is 12.0. The summed E-state index contributed by atoms with van der Waals surface area (Å²) in [5, 5.41) is 3.03. The molecule has 1 aromatic rings. The molecular formula is C14H20N2OS. The van der Waals surface area contributed by atoms with Gasteiger partial charge < -0.3 is 11.1 Å². The molecule has 0 spiro atoms. The van der Waals surface area contributed by atoms with Gasteiger partial charge in [-0.1, -0.05) is 45.1 Å². The summed E-state index contributed by atoms with van der Waals surface area (Å²) in [5.74, 6) is 0.375. The highest BCUT2D eigenvalue weighted by molar-refractivity contribution is 7.80. The van der Waals surface area contributed by atoms with Gasteiger partial charge in [0.05, 0.1) is 0 Å². The third-order valence-electron chi connectivity index (χ3n) is 2.99. The van der Waals surface area contributed by atoms with Crippen molar-refractivity contribution in [2.24, 2.45) is 11.7 Å². The van der Waals surface area contributed by atoms with Crippen LogP contribution in [0.1, 0.15) is 43.1 Å². The van der Waals surface area contributed by atoms with E-state index in [1.807, 2.05) is 0 Å². The number of nitrogens with one attached hydrogen (secondary N) is 1. The first-order valence-electron chi connectivity index (χ1n) is 6.16. The van der Waals surface area contributed by atoms with Crippen molar-refractivity contribution in [1.82, 2.24) is 5.32 Å². The first kappa shape index (κ1) is 14.6. The molecule has 1 amide bonds. The lowest BCUT2D eigenvalue weighted by Gasteiger charge is -2.20. The van der Waals surface area contributed by atoms with Crippen molar-refractivity contribution >= 4 is 23.1 Å². The van der Waals surface area contributed by atoms with E-state index >= 15 is 0 Å². The molecule has 1 aromatic carbocycles. The van der Waals surface area contributed by atoms with Crippen molar-refractivity contribution in [2.45, 2.75) is 33.2 Å². The zero-order valence-corrected chi connectivity index (χ0v) is 11.9. The van der Waals surface area contributed by atoms with Gasteiger partial charge in [0, 0.05) is 17.2 Å². The average Bonchev–Trinajstić information content (AvgIpc) is 2.35. The van der Waals surface area contributed by atoms with Gasteiger partial charge in [-0.05, 0) is 24.5 Å². The number of nitrogens with two attached hydrogens (primary N) is 1. The fraction of sp³-hybridized carbons (Fsp3) is 0.429. The number of rotatable bonds is 5. The van der Waals surface area contributed by atoms with E-state index in [-0.39, 0.29) is 11.9 Å². The van der Waals surface area contributed by atoms with Gasteiger partial charge in [-0.25, -0.2) is 0 Å². The molecule has 0 saturated heterocycles. The van der Waals surface area contributed by atoms with E-state index in [4.69, 9.17) is 18.0 Å². The minimum atomic E-state index is -0.0509. The van der Waals surface area contributed by atoms with Crippen LogP contribution in [0.15, 0.2) is 24.3 Å². The molecule has 0 fully saturated rings. The second-order valence-electron chi connectivity index (χ2n) is 4.67. The number of carbonyl (C=O) groups is 1. The summed E-state index contributed by atoms with van der Waals surface area (Å²) in [6, 6.07) is 7.24. The lowest BCUT2D eigenvalue weighted by atomic mass is 10.0. The van der Waals surface area contributed by atoms with E-state index in [0.29, 0.717) is 16.5 Å². The smallest absolute Gasteiger partial charge is 0.251 e. The largest absolute Gasteiger partial charge is 0.389 e. The fourth-order valence-corrected chi connectivity index (χ4v) is 1.91. The molecule has 0 aromatic heterocycles. The monoisotopic (exact) mass is 264 g/mol. The minimum absolute atomic E-state index is 0.0509. The van der Waals surface area contributed by atoms with Crippen molar-refractivity contribution in [3.63, 3.8) is 0 Å². The number of benzene rings is 1. The van der Waals surface area contributed by atoms with Gasteiger partial charge in [-0.3, -0.25) is 4.79 Å². The van der Waals surface area contributed by atoms with Gasteiger partial charge in [0.1, 0.15) is 4.99 Å². The Bertz CT molecular complexity index is 426. The molecule has 0 heterocycles. The van der Waals surface area contributed by atoms with Crippen LogP contribution in [-0.2, 0) is 0 Å². The van der Waals surface area contributed by atoms with Crippen LogP contribution < -0.4 is 11.1 Å². The van der Waals surface area contributed by atoms with E-state index in [2.05, 4.69) is 26.1 Å². The normalized spacial score (nSPS) is 12.2. The Morgan fingerprint density at radius 2 is 1.78 bits per heavy atom. The number of hydrogen-bond acceptors (Lipinski definition) is 2. The second-order valence-corrected chi connectivity index (χ2v) is 5.11. The Morgan fingerprint density at radius 3 is 2.17 bits per heavy atom. The predicted molar refractivity (Wildman–Crippen MR) is 78.7 cm³/mol.